The van der Waals surface area contributed by atoms with Crippen LogP contribution in [-0.4, -0.2) is 37.1 Å². The summed E-state index contributed by atoms with van der Waals surface area (Å²) in [6.07, 6.45) is 0. The van der Waals surface area contributed by atoms with Gasteiger partial charge in [-0.2, -0.15) is 0 Å². The van der Waals surface area contributed by atoms with Gasteiger partial charge in [0, 0.05) is 13.1 Å². The molecular weight excluding hydrogens is 242 g/mol. The van der Waals surface area contributed by atoms with Crippen molar-refractivity contribution < 1.29 is 0 Å². The molecule has 16 heavy (non-hydrogen) atoms. The average Bonchev–Trinajstić information content (AvgIpc) is 2.59. The maximum atomic E-state index is 4.50. The zero-order valence-electron chi connectivity index (χ0n) is 9.43. The van der Waals surface area contributed by atoms with Crippen LogP contribution in [-0.2, 0) is 0 Å². The predicted octanol–water partition coefficient (Wildman–Crippen LogP) is 2.69. The first kappa shape index (κ1) is 13.2. The fourth-order valence-corrected chi connectivity index (χ4v) is 2.23. The van der Waals surface area contributed by atoms with E-state index in [0.717, 1.165) is 23.7 Å². The van der Waals surface area contributed by atoms with Gasteiger partial charge in [0.1, 0.15) is 0 Å². The first-order valence-electron chi connectivity index (χ1n) is 5.00. The third-order valence-corrected chi connectivity index (χ3v) is 3.12. The predicted molar refractivity (Wildman–Crippen MR) is 73.9 cm³/mol. The molecule has 0 bridgehead atoms. The molecule has 0 atom stereocenters. The van der Waals surface area contributed by atoms with Gasteiger partial charge in [0.25, 0.3) is 0 Å². The fraction of sp³-hybridized carbons (Fsp3) is 0.364. The Balaban J connectivity index is 0.00000128. The number of nitrogens with one attached hydrogen (secondary N) is 1. The second-order valence-corrected chi connectivity index (χ2v) is 4.75. The Morgan fingerprint density at radius 2 is 2.06 bits per heavy atom. The fourth-order valence-electron chi connectivity index (χ4n) is 1.33. The van der Waals surface area contributed by atoms with Crippen LogP contribution in [0.1, 0.15) is 0 Å². The van der Waals surface area contributed by atoms with Crippen molar-refractivity contribution in [2.75, 3.05) is 32.5 Å². The van der Waals surface area contributed by atoms with E-state index in [-0.39, 0.29) is 12.4 Å². The van der Waals surface area contributed by atoms with Gasteiger partial charge in [-0.15, -0.1) is 12.4 Å². The number of para-hydroxylation sites is 1. The minimum absolute atomic E-state index is 0. The molecule has 1 aromatic carbocycles. The van der Waals surface area contributed by atoms with Gasteiger partial charge in [-0.05, 0) is 26.2 Å². The average molecular weight is 258 g/mol. The first-order chi connectivity index (χ1) is 7.25. The lowest BCUT2D eigenvalue weighted by molar-refractivity contribution is 0.425. The largest absolute Gasteiger partial charge is 0.360 e. The maximum Gasteiger partial charge on any atom is 0.183 e. The van der Waals surface area contributed by atoms with E-state index in [1.165, 1.54) is 4.70 Å². The third kappa shape index (κ3) is 3.33. The molecule has 1 N–H and O–H groups in total. The van der Waals surface area contributed by atoms with Crippen LogP contribution in [0.15, 0.2) is 24.3 Å². The molecule has 0 saturated heterocycles. The van der Waals surface area contributed by atoms with Crippen LogP contribution in [0.4, 0.5) is 5.13 Å². The summed E-state index contributed by atoms with van der Waals surface area (Å²) in [4.78, 5) is 6.65. The second kappa shape index (κ2) is 6.03. The first-order valence-corrected chi connectivity index (χ1v) is 5.81. The Labute approximate surface area is 106 Å². The zero-order valence-corrected chi connectivity index (χ0v) is 11.1. The van der Waals surface area contributed by atoms with Crippen molar-refractivity contribution in [1.82, 2.24) is 9.88 Å². The van der Waals surface area contributed by atoms with Gasteiger partial charge in [-0.3, -0.25) is 0 Å². The Kier molecular flexibility index (Phi) is 4.99. The summed E-state index contributed by atoms with van der Waals surface area (Å²) in [6.45, 7) is 1.96. The summed E-state index contributed by atoms with van der Waals surface area (Å²) in [5, 5.41) is 4.34. The van der Waals surface area contributed by atoms with E-state index in [9.17, 15) is 0 Å². The van der Waals surface area contributed by atoms with Crippen molar-refractivity contribution in [1.29, 1.82) is 0 Å². The van der Waals surface area contributed by atoms with E-state index < -0.39 is 0 Å². The normalized spacial score (nSPS) is 10.4. The molecule has 5 heteroatoms. The summed E-state index contributed by atoms with van der Waals surface area (Å²) in [7, 11) is 4.14. The van der Waals surface area contributed by atoms with Crippen molar-refractivity contribution >= 4 is 39.1 Å². The van der Waals surface area contributed by atoms with Gasteiger partial charge < -0.3 is 10.2 Å². The van der Waals surface area contributed by atoms with Crippen LogP contribution in [0, 0.1) is 0 Å². The molecule has 0 amide bonds. The lowest BCUT2D eigenvalue weighted by Gasteiger charge is -2.08. The van der Waals surface area contributed by atoms with Crippen LogP contribution in [0.3, 0.4) is 0 Å². The molecule has 0 aliphatic heterocycles. The molecule has 0 spiro atoms. The summed E-state index contributed by atoms with van der Waals surface area (Å²) in [6, 6.07) is 8.21. The molecule has 0 aliphatic carbocycles. The van der Waals surface area contributed by atoms with Crippen LogP contribution < -0.4 is 5.32 Å². The molecule has 0 fully saturated rings. The monoisotopic (exact) mass is 257 g/mol. The van der Waals surface area contributed by atoms with Gasteiger partial charge >= 0.3 is 0 Å². The third-order valence-electron chi connectivity index (χ3n) is 2.13. The molecule has 2 aromatic rings. The van der Waals surface area contributed by atoms with Gasteiger partial charge in [-0.25, -0.2) is 4.98 Å². The number of hydrogen-bond acceptors (Lipinski definition) is 4. The van der Waals surface area contributed by atoms with E-state index in [0.29, 0.717) is 0 Å². The minimum atomic E-state index is 0. The van der Waals surface area contributed by atoms with Gasteiger partial charge in [0.2, 0.25) is 0 Å². The van der Waals surface area contributed by atoms with Crippen LogP contribution in [0.25, 0.3) is 10.2 Å². The number of thiazole rings is 1. The molecule has 1 aromatic heterocycles. The van der Waals surface area contributed by atoms with E-state index in [1.807, 2.05) is 18.2 Å². The number of hydrogen-bond donors (Lipinski definition) is 1. The molecule has 0 radical (unpaired) electrons. The molecule has 1 heterocycles. The molecule has 0 unspecified atom stereocenters. The number of anilines is 1. The van der Waals surface area contributed by atoms with Crippen molar-refractivity contribution in [2.45, 2.75) is 0 Å². The van der Waals surface area contributed by atoms with E-state index in [4.69, 9.17) is 0 Å². The quantitative estimate of drug-likeness (QED) is 0.913. The molecule has 0 saturated carbocycles. The Hall–Kier alpha value is -0.840. The smallest absolute Gasteiger partial charge is 0.183 e. The highest BCUT2D eigenvalue weighted by Crippen LogP contribution is 2.24. The molecule has 3 nitrogen and oxygen atoms in total. The molecular formula is C11H16ClN3S. The van der Waals surface area contributed by atoms with Gasteiger partial charge in [-0.1, -0.05) is 23.5 Å². The minimum Gasteiger partial charge on any atom is -0.360 e. The summed E-state index contributed by atoms with van der Waals surface area (Å²) >= 11 is 1.71. The standard InChI is InChI=1S/C11H15N3S.ClH/c1-14(2)8-7-12-11-13-9-5-3-4-6-10(9)15-11;/h3-6H,7-8H2,1-2H3,(H,12,13);1H. The highest BCUT2D eigenvalue weighted by atomic mass is 35.5. The summed E-state index contributed by atoms with van der Waals surface area (Å²) < 4.78 is 1.24. The van der Waals surface area contributed by atoms with Crippen molar-refractivity contribution in [3.05, 3.63) is 24.3 Å². The lowest BCUT2D eigenvalue weighted by Crippen LogP contribution is -2.20. The van der Waals surface area contributed by atoms with Gasteiger partial charge in [0.05, 0.1) is 10.2 Å². The molecule has 88 valence electrons. The highest BCUT2D eigenvalue weighted by molar-refractivity contribution is 7.22. The number of fused-ring (bicyclic) bond motifs is 1. The Morgan fingerprint density at radius 1 is 1.31 bits per heavy atom. The maximum absolute atomic E-state index is 4.50. The number of halogens is 1. The van der Waals surface area contributed by atoms with Crippen molar-refractivity contribution in [3.63, 3.8) is 0 Å². The number of nitrogens with zero attached hydrogens (tertiary/aromatic N) is 2. The van der Waals surface area contributed by atoms with Crippen LogP contribution in [0.5, 0.6) is 0 Å². The number of rotatable bonds is 4. The second-order valence-electron chi connectivity index (χ2n) is 3.72. The van der Waals surface area contributed by atoms with Gasteiger partial charge in [0.15, 0.2) is 5.13 Å². The van der Waals surface area contributed by atoms with E-state index >= 15 is 0 Å². The zero-order chi connectivity index (χ0) is 10.7. The van der Waals surface area contributed by atoms with Crippen molar-refractivity contribution in [2.24, 2.45) is 0 Å². The molecule has 2 rings (SSSR count). The summed E-state index contributed by atoms with van der Waals surface area (Å²) in [5.41, 5.74) is 1.08. The van der Waals surface area contributed by atoms with Crippen molar-refractivity contribution in [3.8, 4) is 0 Å². The molecule has 0 aliphatic rings. The number of benzene rings is 1. The van der Waals surface area contributed by atoms with E-state index in [1.54, 1.807) is 11.3 Å². The Morgan fingerprint density at radius 3 is 2.75 bits per heavy atom. The topological polar surface area (TPSA) is 28.2 Å². The number of likely N-dealkylation sites (N-methyl/N-ethyl adjacent to an activating group) is 1. The Bertz CT molecular complexity index is 408. The lowest BCUT2D eigenvalue weighted by atomic mass is 10.3. The van der Waals surface area contributed by atoms with Crippen LogP contribution >= 0.6 is 23.7 Å². The number of aromatic nitrogens is 1. The van der Waals surface area contributed by atoms with E-state index in [2.05, 4.69) is 35.4 Å². The SMILES string of the molecule is CN(C)CCNc1nc2ccccc2s1.Cl. The highest BCUT2D eigenvalue weighted by Gasteiger charge is 2.01. The van der Waals surface area contributed by atoms with Crippen LogP contribution in [0.2, 0.25) is 0 Å². The summed E-state index contributed by atoms with van der Waals surface area (Å²) in [5.74, 6) is 0.